The number of amides is 1. The minimum absolute atomic E-state index is 0.0135. The van der Waals surface area contributed by atoms with Crippen molar-refractivity contribution in [2.45, 2.75) is 25.9 Å². The first-order valence-electron chi connectivity index (χ1n) is 8.97. The highest BCUT2D eigenvalue weighted by molar-refractivity contribution is 7.10. The number of nitro groups is 1. The lowest BCUT2D eigenvalue weighted by Crippen LogP contribution is -2.42. The predicted molar refractivity (Wildman–Crippen MR) is 109 cm³/mol. The third-order valence-corrected chi connectivity index (χ3v) is 5.48. The summed E-state index contributed by atoms with van der Waals surface area (Å²) in [6.07, 6.45) is 1.05. The van der Waals surface area contributed by atoms with Crippen LogP contribution in [0.4, 0.5) is 5.69 Å². The smallest absolute Gasteiger partial charge is 0.414 e. The Labute approximate surface area is 175 Å². The van der Waals surface area contributed by atoms with Crippen LogP contribution in [0, 0.1) is 10.1 Å². The number of aliphatic carboxylic acids is 2. The number of non-ortho nitro benzene ring substituents is 1. The number of carboxylic acids is 2. The molecule has 30 heavy (non-hydrogen) atoms. The van der Waals surface area contributed by atoms with Crippen LogP contribution in [0.3, 0.4) is 0 Å². The van der Waals surface area contributed by atoms with Crippen molar-refractivity contribution in [3.05, 3.63) is 61.8 Å². The van der Waals surface area contributed by atoms with Gasteiger partial charge in [-0.1, -0.05) is 0 Å². The molecule has 0 spiro atoms. The normalized spacial score (nSPS) is 15.3. The van der Waals surface area contributed by atoms with Crippen LogP contribution in [0.2, 0.25) is 0 Å². The molecule has 3 N–H and O–H groups in total. The molecule has 1 aliphatic rings. The fourth-order valence-corrected chi connectivity index (χ4v) is 3.86. The Morgan fingerprint density at radius 1 is 1.20 bits per heavy atom. The average Bonchev–Trinajstić information content (AvgIpc) is 3.15. The second-order valence-corrected chi connectivity index (χ2v) is 7.56. The molecule has 1 unspecified atom stereocenters. The van der Waals surface area contributed by atoms with Gasteiger partial charge < -0.3 is 15.5 Å². The summed E-state index contributed by atoms with van der Waals surface area (Å²) in [6, 6.07) is 8.32. The molecule has 1 aliphatic heterocycles. The maximum Gasteiger partial charge on any atom is 0.414 e. The summed E-state index contributed by atoms with van der Waals surface area (Å²) in [7, 11) is 0. The Bertz CT molecular complexity index is 914. The number of nitrogens with one attached hydrogen (secondary N) is 1. The molecule has 0 saturated heterocycles. The van der Waals surface area contributed by atoms with E-state index in [0.29, 0.717) is 18.2 Å². The summed E-state index contributed by atoms with van der Waals surface area (Å²) in [5.74, 6) is -3.85. The van der Waals surface area contributed by atoms with Crippen molar-refractivity contribution in [3.63, 3.8) is 0 Å². The number of benzene rings is 1. The van der Waals surface area contributed by atoms with Gasteiger partial charge in [0.25, 0.3) is 11.6 Å². The maximum atomic E-state index is 12.1. The Morgan fingerprint density at radius 3 is 2.40 bits per heavy atom. The van der Waals surface area contributed by atoms with Crippen LogP contribution in [-0.2, 0) is 22.6 Å². The van der Waals surface area contributed by atoms with Crippen molar-refractivity contribution in [1.29, 1.82) is 0 Å². The number of nitrogens with zero attached hydrogens (tertiary/aromatic N) is 2. The van der Waals surface area contributed by atoms with Crippen molar-refractivity contribution in [2.24, 2.45) is 0 Å². The molecule has 11 heteroatoms. The maximum absolute atomic E-state index is 12.1. The first-order valence-corrected chi connectivity index (χ1v) is 9.85. The highest BCUT2D eigenvalue weighted by atomic mass is 32.1. The number of hydrogen-bond donors (Lipinski definition) is 3. The number of nitro benzene ring substituents is 1. The molecule has 10 nitrogen and oxygen atoms in total. The van der Waals surface area contributed by atoms with Gasteiger partial charge in [0.2, 0.25) is 0 Å². The van der Waals surface area contributed by atoms with Gasteiger partial charge in [0.05, 0.1) is 4.92 Å². The van der Waals surface area contributed by atoms with Gasteiger partial charge in [-0.2, -0.15) is 0 Å². The number of carbonyl (C=O) groups is 3. The first-order chi connectivity index (χ1) is 14.2. The number of hydrogen-bond acceptors (Lipinski definition) is 7. The zero-order valence-electron chi connectivity index (χ0n) is 16.1. The molecule has 2 heterocycles. The third-order valence-electron chi connectivity index (χ3n) is 4.53. The highest BCUT2D eigenvalue weighted by Gasteiger charge is 2.23. The highest BCUT2D eigenvalue weighted by Crippen LogP contribution is 2.27. The van der Waals surface area contributed by atoms with Gasteiger partial charge in [-0.3, -0.25) is 19.8 Å². The van der Waals surface area contributed by atoms with E-state index in [1.54, 1.807) is 11.3 Å². The van der Waals surface area contributed by atoms with E-state index in [9.17, 15) is 14.9 Å². The molecule has 1 aromatic heterocycles. The largest absolute Gasteiger partial charge is 0.473 e. The van der Waals surface area contributed by atoms with Gasteiger partial charge in [-0.05, 0) is 42.5 Å². The van der Waals surface area contributed by atoms with Crippen LogP contribution in [-0.4, -0.2) is 57.0 Å². The predicted octanol–water partition coefficient (Wildman–Crippen LogP) is 1.99. The van der Waals surface area contributed by atoms with E-state index in [1.165, 1.54) is 34.7 Å². The monoisotopic (exact) mass is 435 g/mol. The fraction of sp³-hybridized carbons (Fsp3) is 0.316. The summed E-state index contributed by atoms with van der Waals surface area (Å²) >= 11 is 1.79. The van der Waals surface area contributed by atoms with Crippen molar-refractivity contribution < 1.29 is 29.5 Å². The van der Waals surface area contributed by atoms with E-state index in [-0.39, 0.29) is 11.6 Å². The van der Waals surface area contributed by atoms with Crippen LogP contribution in [0.25, 0.3) is 0 Å². The Balaban J connectivity index is 0.000000469. The lowest BCUT2D eigenvalue weighted by Gasteiger charge is -2.33. The second-order valence-electron chi connectivity index (χ2n) is 6.56. The number of thiophene rings is 1. The van der Waals surface area contributed by atoms with Crippen molar-refractivity contribution in [2.75, 3.05) is 13.1 Å². The lowest BCUT2D eigenvalue weighted by molar-refractivity contribution is -0.384. The molecular weight excluding hydrogens is 414 g/mol. The van der Waals surface area contributed by atoms with Crippen LogP contribution in [0.5, 0.6) is 0 Å². The lowest BCUT2D eigenvalue weighted by atomic mass is 10.0. The molecule has 0 aliphatic carbocycles. The van der Waals surface area contributed by atoms with Gasteiger partial charge in [0, 0.05) is 48.2 Å². The van der Waals surface area contributed by atoms with Crippen molar-refractivity contribution >= 4 is 34.9 Å². The number of carboxylic acid groups (broad SMARTS) is 2. The topological polar surface area (TPSA) is 150 Å². The molecule has 1 amide bonds. The molecule has 160 valence electrons. The minimum atomic E-state index is -1.82. The molecule has 2 aromatic rings. The quantitative estimate of drug-likeness (QED) is 0.366. The third kappa shape index (κ3) is 6.36. The van der Waals surface area contributed by atoms with Crippen LogP contribution >= 0.6 is 11.3 Å². The molecule has 0 radical (unpaired) electrons. The second kappa shape index (κ2) is 10.5. The van der Waals surface area contributed by atoms with Crippen molar-refractivity contribution in [3.8, 4) is 0 Å². The fourth-order valence-electron chi connectivity index (χ4n) is 2.92. The van der Waals surface area contributed by atoms with E-state index in [4.69, 9.17) is 19.8 Å². The average molecular weight is 435 g/mol. The molecule has 0 saturated carbocycles. The summed E-state index contributed by atoms with van der Waals surface area (Å²) in [4.78, 5) is 44.2. The van der Waals surface area contributed by atoms with E-state index in [1.807, 2.05) is 0 Å². The van der Waals surface area contributed by atoms with Gasteiger partial charge in [-0.25, -0.2) is 9.59 Å². The van der Waals surface area contributed by atoms with E-state index in [2.05, 4.69) is 28.6 Å². The molecule has 1 aromatic carbocycles. The van der Waals surface area contributed by atoms with E-state index in [0.717, 1.165) is 19.5 Å². The zero-order chi connectivity index (χ0) is 22.3. The van der Waals surface area contributed by atoms with E-state index >= 15 is 0 Å². The van der Waals surface area contributed by atoms with Gasteiger partial charge in [-0.15, -0.1) is 11.3 Å². The molecule has 0 bridgehead atoms. The van der Waals surface area contributed by atoms with Gasteiger partial charge >= 0.3 is 11.9 Å². The Kier molecular flexibility index (Phi) is 8.01. The zero-order valence-corrected chi connectivity index (χ0v) is 16.9. The molecule has 1 atom stereocenters. The van der Waals surface area contributed by atoms with Gasteiger partial charge in [0.15, 0.2) is 0 Å². The van der Waals surface area contributed by atoms with Crippen LogP contribution in [0.15, 0.2) is 35.7 Å². The summed E-state index contributed by atoms with van der Waals surface area (Å²) in [5.41, 5.74) is 1.87. The van der Waals surface area contributed by atoms with Crippen LogP contribution < -0.4 is 5.32 Å². The number of carbonyl (C=O) groups excluding carboxylic acids is 1. The number of fused-ring (bicyclic) bond motifs is 1. The summed E-state index contributed by atoms with van der Waals surface area (Å²) < 4.78 is 0. The summed E-state index contributed by atoms with van der Waals surface area (Å²) in [5, 5.41) is 30.4. The Hall–Kier alpha value is -3.31. The standard InChI is InChI=1S/C17H19N3O3S.C2H2O4/c1-12-10-14-6-9-24-16(14)11-19(12)8-7-18-17(21)13-2-4-15(5-3-13)20(22)23;3-1(4)2(5)6/h2-6,9,12H,7-8,10-11H2,1H3,(H,18,21);(H,3,4)(H,5,6). The Morgan fingerprint density at radius 2 is 1.83 bits per heavy atom. The van der Waals surface area contributed by atoms with Gasteiger partial charge in [0.1, 0.15) is 0 Å². The molecule has 0 fully saturated rings. The SMILES string of the molecule is CC1Cc2ccsc2CN1CCNC(=O)c1ccc([N+](=O)[O-])cc1.O=C(O)C(=O)O. The molecule has 3 rings (SSSR count). The van der Waals surface area contributed by atoms with E-state index < -0.39 is 16.9 Å². The molecular formula is C19H21N3O7S. The first kappa shape index (κ1) is 23.0. The van der Waals surface area contributed by atoms with Crippen molar-refractivity contribution in [1.82, 2.24) is 10.2 Å². The minimum Gasteiger partial charge on any atom is -0.473 e. The summed E-state index contributed by atoms with van der Waals surface area (Å²) in [6.45, 7) is 4.48. The van der Waals surface area contributed by atoms with Crippen LogP contribution in [0.1, 0.15) is 27.7 Å². The number of rotatable bonds is 5.